The summed E-state index contributed by atoms with van der Waals surface area (Å²) in [6, 6.07) is 0. The van der Waals surface area contributed by atoms with E-state index in [1.54, 1.807) is 28.6 Å². The summed E-state index contributed by atoms with van der Waals surface area (Å²) >= 11 is 8.98. The summed E-state index contributed by atoms with van der Waals surface area (Å²) in [4.78, 5) is 0. The monoisotopic (exact) mass is 236 g/mol. The first-order chi connectivity index (χ1) is 6.43. The van der Waals surface area contributed by atoms with Crippen molar-refractivity contribution in [3.63, 3.8) is 0 Å². The van der Waals surface area contributed by atoms with Crippen LogP contribution in [-0.2, 0) is 0 Å². The Labute approximate surface area is 92.1 Å². The van der Waals surface area contributed by atoms with Gasteiger partial charge in [0, 0.05) is 11.6 Å². The van der Waals surface area contributed by atoms with E-state index in [1.807, 2.05) is 0 Å². The van der Waals surface area contributed by atoms with E-state index in [-0.39, 0.29) is 0 Å². The van der Waals surface area contributed by atoms with E-state index in [1.165, 1.54) is 19.3 Å². The topological polar surface area (TPSA) is 25.8 Å². The molecule has 0 bridgehead atoms. The van der Waals surface area contributed by atoms with Crippen LogP contribution >= 0.6 is 34.7 Å². The van der Waals surface area contributed by atoms with Crippen molar-refractivity contribution in [2.24, 2.45) is 0 Å². The van der Waals surface area contributed by atoms with E-state index in [2.05, 4.69) is 10.2 Å². The van der Waals surface area contributed by atoms with Gasteiger partial charge in [0.2, 0.25) is 0 Å². The van der Waals surface area contributed by atoms with Gasteiger partial charge in [0.25, 0.3) is 0 Å². The third kappa shape index (κ3) is 5.49. The van der Waals surface area contributed by atoms with E-state index in [0.29, 0.717) is 0 Å². The Morgan fingerprint density at radius 3 is 2.85 bits per heavy atom. The molecule has 0 N–H and O–H groups in total. The van der Waals surface area contributed by atoms with Gasteiger partial charge in [-0.15, -0.1) is 21.8 Å². The molecule has 0 saturated heterocycles. The Hall–Kier alpha value is 0.200. The van der Waals surface area contributed by atoms with Crippen LogP contribution in [0.4, 0.5) is 0 Å². The molecule has 1 aromatic rings. The van der Waals surface area contributed by atoms with Crippen LogP contribution < -0.4 is 0 Å². The van der Waals surface area contributed by atoms with Crippen molar-refractivity contribution in [2.75, 3.05) is 11.6 Å². The second-order valence-corrected chi connectivity index (χ2v) is 5.21. The van der Waals surface area contributed by atoms with Gasteiger partial charge in [-0.05, 0) is 12.8 Å². The number of rotatable bonds is 7. The highest BCUT2D eigenvalue weighted by Gasteiger charge is 1.96. The molecule has 0 amide bonds. The van der Waals surface area contributed by atoms with Gasteiger partial charge in [0.1, 0.15) is 5.51 Å². The number of halogens is 1. The van der Waals surface area contributed by atoms with Crippen LogP contribution in [-0.4, -0.2) is 21.8 Å². The summed E-state index contributed by atoms with van der Waals surface area (Å²) in [6.45, 7) is 0. The average molecular weight is 237 g/mol. The quantitative estimate of drug-likeness (QED) is 0.412. The summed E-state index contributed by atoms with van der Waals surface area (Å²) in [5.74, 6) is 1.95. The number of alkyl halides is 1. The Morgan fingerprint density at radius 1 is 1.31 bits per heavy atom. The first-order valence-electron chi connectivity index (χ1n) is 4.38. The van der Waals surface area contributed by atoms with E-state index < -0.39 is 0 Å². The second kappa shape index (κ2) is 7.59. The molecule has 13 heavy (non-hydrogen) atoms. The Morgan fingerprint density at radius 2 is 2.15 bits per heavy atom. The van der Waals surface area contributed by atoms with Gasteiger partial charge in [-0.3, -0.25) is 0 Å². The van der Waals surface area contributed by atoms with E-state index >= 15 is 0 Å². The highest BCUT2D eigenvalue weighted by Crippen LogP contribution is 2.20. The molecule has 1 heterocycles. The van der Waals surface area contributed by atoms with Crippen LogP contribution in [0, 0.1) is 0 Å². The lowest BCUT2D eigenvalue weighted by Crippen LogP contribution is -1.82. The van der Waals surface area contributed by atoms with Gasteiger partial charge in [0.15, 0.2) is 4.34 Å². The van der Waals surface area contributed by atoms with Gasteiger partial charge in [0.05, 0.1) is 0 Å². The zero-order valence-electron chi connectivity index (χ0n) is 7.41. The Balaban J connectivity index is 1.90. The van der Waals surface area contributed by atoms with Crippen molar-refractivity contribution in [1.29, 1.82) is 0 Å². The SMILES string of the molecule is ClCCCCCCSc1nncs1. The van der Waals surface area contributed by atoms with Crippen molar-refractivity contribution in [3.05, 3.63) is 5.51 Å². The van der Waals surface area contributed by atoms with Crippen molar-refractivity contribution in [2.45, 2.75) is 30.0 Å². The third-order valence-corrected chi connectivity index (χ3v) is 3.81. The lowest BCUT2D eigenvalue weighted by molar-refractivity contribution is 0.709. The standard InChI is InChI=1S/C8H13ClN2S2/c9-5-3-1-2-4-6-12-8-11-10-7-13-8/h7H,1-6H2. The molecule has 1 aromatic heterocycles. The third-order valence-electron chi connectivity index (χ3n) is 1.59. The zero-order chi connectivity index (χ0) is 9.36. The van der Waals surface area contributed by atoms with Crippen molar-refractivity contribution in [3.8, 4) is 0 Å². The molecule has 0 atom stereocenters. The van der Waals surface area contributed by atoms with Crippen LogP contribution in [0.1, 0.15) is 25.7 Å². The minimum absolute atomic E-state index is 0.795. The van der Waals surface area contributed by atoms with Crippen molar-refractivity contribution in [1.82, 2.24) is 10.2 Å². The lowest BCUT2D eigenvalue weighted by atomic mass is 10.2. The number of aromatic nitrogens is 2. The smallest absolute Gasteiger partial charge is 0.146 e. The van der Waals surface area contributed by atoms with Gasteiger partial charge >= 0.3 is 0 Å². The van der Waals surface area contributed by atoms with Gasteiger partial charge in [-0.2, -0.15) is 0 Å². The normalized spacial score (nSPS) is 10.5. The molecule has 5 heteroatoms. The fourth-order valence-electron chi connectivity index (χ4n) is 0.935. The highest BCUT2D eigenvalue weighted by atomic mass is 35.5. The van der Waals surface area contributed by atoms with Crippen molar-refractivity contribution >= 4 is 34.7 Å². The molecule has 1 rings (SSSR count). The van der Waals surface area contributed by atoms with Gasteiger partial charge in [-0.1, -0.05) is 35.9 Å². The minimum Gasteiger partial charge on any atom is -0.146 e. The molecule has 0 aliphatic rings. The molecule has 0 aromatic carbocycles. The van der Waals surface area contributed by atoms with Crippen LogP contribution in [0.15, 0.2) is 9.85 Å². The Bertz CT molecular complexity index is 204. The summed E-state index contributed by atoms with van der Waals surface area (Å²) in [5, 5.41) is 7.74. The lowest BCUT2D eigenvalue weighted by Gasteiger charge is -1.97. The predicted octanol–water partition coefficient (Wildman–Crippen LogP) is 3.43. The summed E-state index contributed by atoms with van der Waals surface area (Å²) in [5.41, 5.74) is 1.77. The summed E-state index contributed by atoms with van der Waals surface area (Å²) < 4.78 is 1.08. The maximum Gasteiger partial charge on any atom is 0.174 e. The fourth-order valence-corrected chi connectivity index (χ4v) is 2.68. The first kappa shape index (κ1) is 11.3. The molecule has 0 spiro atoms. The predicted molar refractivity (Wildman–Crippen MR) is 59.8 cm³/mol. The van der Waals surface area contributed by atoms with E-state index in [9.17, 15) is 0 Å². The van der Waals surface area contributed by atoms with Crippen LogP contribution in [0.3, 0.4) is 0 Å². The molecule has 2 nitrogen and oxygen atoms in total. The van der Waals surface area contributed by atoms with Gasteiger partial charge in [-0.25, -0.2) is 0 Å². The summed E-state index contributed by atoms with van der Waals surface area (Å²) in [7, 11) is 0. The maximum atomic E-state index is 5.57. The largest absolute Gasteiger partial charge is 0.174 e. The summed E-state index contributed by atoms with van der Waals surface area (Å²) in [6.07, 6.45) is 4.92. The molecule has 0 fully saturated rings. The number of hydrogen-bond acceptors (Lipinski definition) is 4. The molecule has 0 radical (unpaired) electrons. The number of nitrogens with zero attached hydrogens (tertiary/aromatic N) is 2. The zero-order valence-corrected chi connectivity index (χ0v) is 9.80. The average Bonchev–Trinajstić information content (AvgIpc) is 2.63. The van der Waals surface area contributed by atoms with Crippen LogP contribution in [0.5, 0.6) is 0 Å². The molecular formula is C8H13ClN2S2. The minimum atomic E-state index is 0.795. The highest BCUT2D eigenvalue weighted by molar-refractivity contribution is 8.00. The van der Waals surface area contributed by atoms with Crippen LogP contribution in [0.25, 0.3) is 0 Å². The first-order valence-corrected chi connectivity index (χ1v) is 6.78. The number of hydrogen-bond donors (Lipinski definition) is 0. The number of unbranched alkanes of at least 4 members (excludes halogenated alkanes) is 3. The fraction of sp³-hybridized carbons (Fsp3) is 0.750. The van der Waals surface area contributed by atoms with Crippen molar-refractivity contribution < 1.29 is 0 Å². The molecule has 0 saturated carbocycles. The van der Waals surface area contributed by atoms with Gasteiger partial charge < -0.3 is 0 Å². The molecule has 0 aliphatic heterocycles. The molecular weight excluding hydrogens is 224 g/mol. The maximum absolute atomic E-state index is 5.57. The van der Waals surface area contributed by atoms with E-state index in [0.717, 1.165) is 22.4 Å². The molecule has 0 aliphatic carbocycles. The molecule has 0 unspecified atom stereocenters. The number of thioether (sulfide) groups is 1. The Kier molecular flexibility index (Phi) is 6.58. The van der Waals surface area contributed by atoms with Crippen LogP contribution in [0.2, 0.25) is 0 Å². The molecule has 74 valence electrons. The second-order valence-electron chi connectivity index (χ2n) is 2.66. The van der Waals surface area contributed by atoms with E-state index in [4.69, 9.17) is 11.6 Å².